The molecule has 7 nitrogen and oxygen atoms in total. The number of hydrogen-bond donors (Lipinski definition) is 2. The van der Waals surface area contributed by atoms with E-state index in [2.05, 4.69) is 4.72 Å². The zero-order chi connectivity index (χ0) is 16.5. The van der Waals surface area contributed by atoms with E-state index in [0.29, 0.717) is 13.0 Å². The van der Waals surface area contributed by atoms with E-state index in [9.17, 15) is 22.9 Å². The number of nitro groups is 1. The fraction of sp³-hybridized carbons (Fsp3) is 0.538. The van der Waals surface area contributed by atoms with Crippen LogP contribution in [0.5, 0.6) is 0 Å². The lowest BCUT2D eigenvalue weighted by Gasteiger charge is -2.19. The van der Waals surface area contributed by atoms with Crippen LogP contribution in [0.1, 0.15) is 24.8 Å². The minimum absolute atomic E-state index is 0. The molecule has 1 aliphatic rings. The summed E-state index contributed by atoms with van der Waals surface area (Å²) in [7, 11) is -4.03. The van der Waals surface area contributed by atoms with Crippen molar-refractivity contribution in [3.63, 3.8) is 0 Å². The second-order valence-electron chi connectivity index (χ2n) is 5.46. The number of nitrogens with one attached hydrogen (secondary N) is 1. The maximum absolute atomic E-state index is 13.8. The van der Waals surface area contributed by atoms with E-state index in [0.717, 1.165) is 25.0 Å². The van der Waals surface area contributed by atoms with Gasteiger partial charge >= 0.3 is 0 Å². The van der Waals surface area contributed by atoms with E-state index in [1.165, 1.54) is 6.92 Å². The molecule has 2 unspecified atom stereocenters. The first-order valence-corrected chi connectivity index (χ1v) is 8.41. The molecule has 0 aromatic heterocycles. The Labute approximate surface area is 140 Å². The van der Waals surface area contributed by atoms with Crippen LogP contribution in [0, 0.1) is 28.8 Å². The van der Waals surface area contributed by atoms with Crippen LogP contribution < -0.4 is 10.5 Å². The number of nitrogens with two attached hydrogens (primary N) is 1. The highest BCUT2D eigenvalue weighted by Gasteiger charge is 2.31. The predicted molar refractivity (Wildman–Crippen MR) is 85.5 cm³/mol. The minimum atomic E-state index is -4.03. The molecular weight excluding hydrogens is 349 g/mol. The lowest BCUT2D eigenvalue weighted by molar-refractivity contribution is -0.385. The van der Waals surface area contributed by atoms with Gasteiger partial charge in [0.05, 0.1) is 15.4 Å². The summed E-state index contributed by atoms with van der Waals surface area (Å²) in [4.78, 5) is 9.67. The average Bonchev–Trinajstić information content (AvgIpc) is 2.87. The Morgan fingerprint density at radius 3 is 2.65 bits per heavy atom. The van der Waals surface area contributed by atoms with E-state index in [1.807, 2.05) is 0 Å². The van der Waals surface area contributed by atoms with E-state index in [1.54, 1.807) is 0 Å². The normalized spacial score (nSPS) is 21.0. The summed E-state index contributed by atoms with van der Waals surface area (Å²) in [6, 6.07) is 1.36. The molecule has 1 aliphatic carbocycles. The molecule has 130 valence electrons. The molecule has 1 aromatic carbocycles. The molecule has 2 atom stereocenters. The second kappa shape index (κ2) is 7.52. The fourth-order valence-electron chi connectivity index (χ4n) is 2.73. The highest BCUT2D eigenvalue weighted by Crippen LogP contribution is 2.28. The summed E-state index contributed by atoms with van der Waals surface area (Å²) in [5.74, 6) is -0.892. The van der Waals surface area contributed by atoms with Gasteiger partial charge in [0, 0.05) is 12.1 Å². The SMILES string of the molecule is Cc1c(F)cc(S(=O)(=O)NC2CCCC2CN)cc1[N+](=O)[O-].Cl. The van der Waals surface area contributed by atoms with Crippen molar-refractivity contribution in [2.24, 2.45) is 11.7 Å². The molecule has 0 saturated heterocycles. The smallest absolute Gasteiger partial charge is 0.276 e. The Balaban J connectivity index is 0.00000264. The van der Waals surface area contributed by atoms with Gasteiger partial charge in [0.1, 0.15) is 5.82 Å². The Morgan fingerprint density at radius 2 is 2.09 bits per heavy atom. The molecule has 10 heteroatoms. The minimum Gasteiger partial charge on any atom is -0.330 e. The van der Waals surface area contributed by atoms with E-state index < -0.39 is 31.3 Å². The van der Waals surface area contributed by atoms with E-state index >= 15 is 0 Å². The topological polar surface area (TPSA) is 115 Å². The fourth-order valence-corrected chi connectivity index (χ4v) is 4.10. The van der Waals surface area contributed by atoms with Gasteiger partial charge < -0.3 is 5.73 Å². The first-order valence-electron chi connectivity index (χ1n) is 6.93. The summed E-state index contributed by atoms with van der Waals surface area (Å²) >= 11 is 0. The van der Waals surface area contributed by atoms with Gasteiger partial charge in [-0.2, -0.15) is 0 Å². The van der Waals surface area contributed by atoms with Gasteiger partial charge in [-0.25, -0.2) is 17.5 Å². The molecule has 3 N–H and O–H groups in total. The molecular formula is C13H19ClFN3O4S. The van der Waals surface area contributed by atoms with Crippen LogP contribution in [-0.2, 0) is 10.0 Å². The Hall–Kier alpha value is -1.29. The number of benzene rings is 1. The highest BCUT2D eigenvalue weighted by molar-refractivity contribution is 7.89. The predicted octanol–water partition coefficient (Wildman–Crippen LogP) is 1.87. The second-order valence-corrected chi connectivity index (χ2v) is 7.17. The molecule has 23 heavy (non-hydrogen) atoms. The molecule has 0 heterocycles. The zero-order valence-corrected chi connectivity index (χ0v) is 14.1. The van der Waals surface area contributed by atoms with Crippen molar-refractivity contribution in [3.05, 3.63) is 33.6 Å². The molecule has 1 fully saturated rings. The van der Waals surface area contributed by atoms with Crippen molar-refractivity contribution in [2.45, 2.75) is 37.1 Å². The van der Waals surface area contributed by atoms with Gasteiger partial charge in [-0.1, -0.05) is 6.42 Å². The van der Waals surface area contributed by atoms with Gasteiger partial charge in [0.25, 0.3) is 5.69 Å². The van der Waals surface area contributed by atoms with Crippen molar-refractivity contribution < 1.29 is 17.7 Å². The molecule has 0 aliphatic heterocycles. The first kappa shape index (κ1) is 19.8. The first-order chi connectivity index (χ1) is 10.3. The van der Waals surface area contributed by atoms with Crippen LogP contribution in [0.25, 0.3) is 0 Å². The quantitative estimate of drug-likeness (QED) is 0.608. The van der Waals surface area contributed by atoms with E-state index in [-0.39, 0.29) is 29.9 Å². The maximum Gasteiger partial charge on any atom is 0.276 e. The van der Waals surface area contributed by atoms with Gasteiger partial charge in [0.15, 0.2) is 0 Å². The summed E-state index contributed by atoms with van der Waals surface area (Å²) in [6.45, 7) is 1.59. The van der Waals surface area contributed by atoms with Crippen LogP contribution in [0.2, 0.25) is 0 Å². The van der Waals surface area contributed by atoms with Crippen LogP contribution in [-0.4, -0.2) is 25.9 Å². The molecule has 0 bridgehead atoms. The van der Waals surface area contributed by atoms with Crippen molar-refractivity contribution in [3.8, 4) is 0 Å². The summed E-state index contributed by atoms with van der Waals surface area (Å²) in [5, 5.41) is 10.9. The zero-order valence-electron chi connectivity index (χ0n) is 12.5. The standard InChI is InChI=1S/C13H18FN3O4S.ClH/c1-8-11(14)5-10(6-13(8)17(18)19)22(20,21)16-12-4-2-3-9(12)7-15;/h5-6,9,12,16H,2-4,7,15H2,1H3;1H. The molecule has 0 spiro atoms. The molecule has 1 aromatic rings. The largest absolute Gasteiger partial charge is 0.330 e. The van der Waals surface area contributed by atoms with Crippen LogP contribution >= 0.6 is 12.4 Å². The Kier molecular flexibility index (Phi) is 6.46. The van der Waals surface area contributed by atoms with Crippen molar-refractivity contribution in [1.82, 2.24) is 4.72 Å². The highest BCUT2D eigenvalue weighted by atomic mass is 35.5. The molecule has 0 amide bonds. The number of rotatable bonds is 5. The van der Waals surface area contributed by atoms with Gasteiger partial charge in [0.2, 0.25) is 10.0 Å². The van der Waals surface area contributed by atoms with Crippen LogP contribution in [0.15, 0.2) is 17.0 Å². The van der Waals surface area contributed by atoms with Crippen molar-refractivity contribution in [1.29, 1.82) is 0 Å². The average molecular weight is 368 g/mol. The number of nitrogens with zero attached hydrogens (tertiary/aromatic N) is 1. The third kappa shape index (κ3) is 4.17. The lowest BCUT2D eigenvalue weighted by atomic mass is 10.1. The summed E-state index contributed by atoms with van der Waals surface area (Å²) in [5.41, 5.74) is 4.86. The monoisotopic (exact) mass is 367 g/mol. The summed E-state index contributed by atoms with van der Waals surface area (Å²) in [6.07, 6.45) is 2.33. The Morgan fingerprint density at radius 1 is 1.43 bits per heavy atom. The molecule has 1 saturated carbocycles. The van der Waals surface area contributed by atoms with Crippen LogP contribution in [0.3, 0.4) is 0 Å². The third-order valence-electron chi connectivity index (χ3n) is 4.07. The summed E-state index contributed by atoms with van der Waals surface area (Å²) < 4.78 is 41.0. The third-order valence-corrected chi connectivity index (χ3v) is 5.54. The number of halogens is 2. The maximum atomic E-state index is 13.8. The van der Waals surface area contributed by atoms with Gasteiger partial charge in [-0.05, 0) is 38.3 Å². The molecule has 0 radical (unpaired) electrons. The number of sulfonamides is 1. The number of hydrogen-bond acceptors (Lipinski definition) is 5. The molecule has 2 rings (SSSR count). The van der Waals surface area contributed by atoms with Crippen LogP contribution in [0.4, 0.5) is 10.1 Å². The van der Waals surface area contributed by atoms with Crippen molar-refractivity contribution >= 4 is 28.1 Å². The van der Waals surface area contributed by atoms with Gasteiger partial charge in [-0.15, -0.1) is 12.4 Å². The lowest BCUT2D eigenvalue weighted by Crippen LogP contribution is -2.39. The Bertz CT molecular complexity index is 699. The van der Waals surface area contributed by atoms with E-state index in [4.69, 9.17) is 5.73 Å². The number of nitro benzene ring substituents is 1. The van der Waals surface area contributed by atoms with Crippen molar-refractivity contribution in [2.75, 3.05) is 6.54 Å². The van der Waals surface area contributed by atoms with Gasteiger partial charge in [-0.3, -0.25) is 10.1 Å².